The average molecular weight is 247 g/mol. The minimum atomic E-state index is -0.340. The molecule has 1 aliphatic carbocycles. The van der Waals surface area contributed by atoms with Crippen LogP contribution in [-0.2, 0) is 10.3 Å². The highest BCUT2D eigenvalue weighted by Gasteiger charge is 2.38. The van der Waals surface area contributed by atoms with Crippen molar-refractivity contribution < 1.29 is 4.79 Å². The summed E-state index contributed by atoms with van der Waals surface area (Å²) in [5, 5.41) is 1.72. The van der Waals surface area contributed by atoms with E-state index in [1.165, 1.54) is 0 Å². The molecular weight excluding hydrogens is 236 g/mol. The highest BCUT2D eigenvalue weighted by atomic mass is 35.5. The van der Waals surface area contributed by atoms with Gasteiger partial charge in [-0.2, -0.15) is 4.99 Å². The van der Waals surface area contributed by atoms with Gasteiger partial charge in [0.1, 0.15) is 0 Å². The molecule has 1 aromatic heterocycles. The number of halogens is 1. The molecular formula is C13H11ClN2O. The van der Waals surface area contributed by atoms with Gasteiger partial charge >= 0.3 is 0 Å². The molecule has 0 aliphatic heterocycles. The zero-order valence-electron chi connectivity index (χ0n) is 9.16. The van der Waals surface area contributed by atoms with E-state index in [1.54, 1.807) is 12.3 Å². The number of benzene rings is 1. The van der Waals surface area contributed by atoms with Gasteiger partial charge in [0.05, 0.1) is 10.6 Å². The number of fused-ring (bicyclic) bond motifs is 1. The fourth-order valence-electron chi connectivity index (χ4n) is 2.44. The molecule has 3 nitrogen and oxygen atoms in total. The zero-order chi connectivity index (χ0) is 11.9. The summed E-state index contributed by atoms with van der Waals surface area (Å²) in [5.74, 6) is 0. The predicted molar refractivity (Wildman–Crippen MR) is 67.0 cm³/mol. The molecule has 0 unspecified atom stereocenters. The van der Waals surface area contributed by atoms with Crippen LogP contribution in [0.25, 0.3) is 10.9 Å². The van der Waals surface area contributed by atoms with Crippen molar-refractivity contribution in [3.63, 3.8) is 0 Å². The van der Waals surface area contributed by atoms with E-state index in [-0.39, 0.29) is 5.54 Å². The van der Waals surface area contributed by atoms with Gasteiger partial charge in [0.2, 0.25) is 6.08 Å². The van der Waals surface area contributed by atoms with Gasteiger partial charge < -0.3 is 4.98 Å². The summed E-state index contributed by atoms with van der Waals surface area (Å²) in [7, 11) is 0. The maximum absolute atomic E-state index is 10.5. The van der Waals surface area contributed by atoms with E-state index in [0.717, 1.165) is 35.7 Å². The van der Waals surface area contributed by atoms with E-state index in [0.29, 0.717) is 5.02 Å². The van der Waals surface area contributed by atoms with E-state index in [9.17, 15) is 4.79 Å². The molecule has 1 fully saturated rings. The molecule has 4 heteroatoms. The number of nitrogens with one attached hydrogen (secondary N) is 1. The lowest BCUT2D eigenvalue weighted by Crippen LogP contribution is -2.31. The van der Waals surface area contributed by atoms with E-state index in [4.69, 9.17) is 11.6 Å². The number of hydrogen-bond donors (Lipinski definition) is 1. The minimum Gasteiger partial charge on any atom is -0.360 e. The minimum absolute atomic E-state index is 0.340. The molecule has 0 radical (unpaired) electrons. The molecule has 1 aromatic carbocycles. The summed E-state index contributed by atoms with van der Waals surface area (Å²) < 4.78 is 0. The second-order valence-electron chi connectivity index (χ2n) is 4.49. The van der Waals surface area contributed by atoms with Crippen LogP contribution in [0.5, 0.6) is 0 Å². The molecule has 0 amide bonds. The Morgan fingerprint density at radius 1 is 1.41 bits per heavy atom. The Kier molecular flexibility index (Phi) is 2.32. The number of H-pyrrole nitrogens is 1. The molecule has 1 heterocycles. The molecule has 1 saturated carbocycles. The highest BCUT2D eigenvalue weighted by molar-refractivity contribution is 6.35. The van der Waals surface area contributed by atoms with Crippen LogP contribution in [0, 0.1) is 0 Å². The smallest absolute Gasteiger partial charge is 0.235 e. The molecule has 1 aliphatic rings. The summed E-state index contributed by atoms with van der Waals surface area (Å²) in [6.07, 6.45) is 6.41. The summed E-state index contributed by atoms with van der Waals surface area (Å²) in [4.78, 5) is 17.6. The van der Waals surface area contributed by atoms with Crippen molar-refractivity contribution in [2.24, 2.45) is 4.99 Å². The Morgan fingerprint density at radius 3 is 2.88 bits per heavy atom. The van der Waals surface area contributed by atoms with Gasteiger partial charge in [0, 0.05) is 17.1 Å². The number of rotatable bonds is 2. The Hall–Kier alpha value is -1.57. The number of aliphatic imine (C=N–C) groups is 1. The van der Waals surface area contributed by atoms with Crippen LogP contribution in [0.2, 0.25) is 5.02 Å². The van der Waals surface area contributed by atoms with Crippen molar-refractivity contribution in [2.45, 2.75) is 24.8 Å². The highest BCUT2D eigenvalue weighted by Crippen LogP contribution is 2.45. The lowest BCUT2D eigenvalue weighted by Gasteiger charge is -2.37. The van der Waals surface area contributed by atoms with Gasteiger partial charge in [-0.15, -0.1) is 0 Å². The normalized spacial score (nSPS) is 17.5. The first kappa shape index (κ1) is 10.6. The van der Waals surface area contributed by atoms with Crippen LogP contribution in [0.15, 0.2) is 29.4 Å². The predicted octanol–water partition coefficient (Wildman–Crippen LogP) is 3.54. The van der Waals surface area contributed by atoms with Gasteiger partial charge in [-0.05, 0) is 30.9 Å². The second kappa shape index (κ2) is 3.73. The number of isocyanates is 1. The molecule has 3 rings (SSSR count). The average Bonchev–Trinajstić information content (AvgIpc) is 2.65. The molecule has 0 saturated heterocycles. The molecule has 0 spiro atoms. The molecule has 2 aromatic rings. The first-order valence-corrected chi connectivity index (χ1v) is 5.99. The van der Waals surface area contributed by atoms with Crippen LogP contribution in [0.1, 0.15) is 24.8 Å². The first-order chi connectivity index (χ1) is 8.25. The number of nitrogens with zero attached hydrogens (tertiary/aromatic N) is 1. The van der Waals surface area contributed by atoms with Crippen LogP contribution in [0.3, 0.4) is 0 Å². The van der Waals surface area contributed by atoms with Crippen molar-refractivity contribution in [1.82, 2.24) is 4.98 Å². The largest absolute Gasteiger partial charge is 0.360 e. The Bertz CT molecular complexity index is 621. The SMILES string of the molecule is O=C=NC1(c2ccc3c(Cl)c[nH]c3c2)CCC1. The van der Waals surface area contributed by atoms with Crippen LogP contribution in [0.4, 0.5) is 0 Å². The van der Waals surface area contributed by atoms with E-state index >= 15 is 0 Å². The third kappa shape index (κ3) is 1.51. The third-order valence-corrected chi connectivity index (χ3v) is 3.92. The fourth-order valence-corrected chi connectivity index (χ4v) is 2.66. The molecule has 1 N–H and O–H groups in total. The first-order valence-electron chi connectivity index (χ1n) is 5.61. The van der Waals surface area contributed by atoms with Crippen molar-refractivity contribution in [2.75, 3.05) is 0 Å². The van der Waals surface area contributed by atoms with Gasteiger partial charge in [-0.25, -0.2) is 4.79 Å². The summed E-state index contributed by atoms with van der Waals surface area (Å²) in [6, 6.07) is 6.01. The summed E-state index contributed by atoms with van der Waals surface area (Å²) in [6.45, 7) is 0. The van der Waals surface area contributed by atoms with E-state index in [1.807, 2.05) is 18.2 Å². The monoisotopic (exact) mass is 246 g/mol. The van der Waals surface area contributed by atoms with Gasteiger partial charge in [0.25, 0.3) is 0 Å². The Morgan fingerprint density at radius 2 is 2.24 bits per heavy atom. The number of aromatic amines is 1. The molecule has 17 heavy (non-hydrogen) atoms. The quantitative estimate of drug-likeness (QED) is 0.639. The van der Waals surface area contributed by atoms with Crippen molar-refractivity contribution >= 4 is 28.6 Å². The zero-order valence-corrected chi connectivity index (χ0v) is 9.92. The fraction of sp³-hybridized carbons (Fsp3) is 0.308. The number of hydrogen-bond acceptors (Lipinski definition) is 2. The molecule has 0 atom stereocenters. The topological polar surface area (TPSA) is 45.2 Å². The second-order valence-corrected chi connectivity index (χ2v) is 4.89. The summed E-state index contributed by atoms with van der Waals surface area (Å²) in [5.41, 5.74) is 1.71. The molecule has 0 bridgehead atoms. The lowest BCUT2D eigenvalue weighted by atomic mass is 9.72. The van der Waals surface area contributed by atoms with Gasteiger partial charge in [-0.1, -0.05) is 23.7 Å². The van der Waals surface area contributed by atoms with E-state index in [2.05, 4.69) is 9.98 Å². The summed E-state index contributed by atoms with van der Waals surface area (Å²) >= 11 is 6.03. The number of carbonyl (C=O) groups excluding carboxylic acids is 1. The van der Waals surface area contributed by atoms with Crippen LogP contribution >= 0.6 is 11.6 Å². The number of aromatic nitrogens is 1. The van der Waals surface area contributed by atoms with Gasteiger partial charge in [0.15, 0.2) is 0 Å². The Labute approximate surface area is 104 Å². The Balaban J connectivity index is 2.14. The lowest BCUT2D eigenvalue weighted by molar-refractivity contribution is 0.256. The van der Waals surface area contributed by atoms with Crippen molar-refractivity contribution in [3.05, 3.63) is 35.0 Å². The maximum Gasteiger partial charge on any atom is 0.235 e. The van der Waals surface area contributed by atoms with E-state index < -0.39 is 0 Å². The maximum atomic E-state index is 10.5. The van der Waals surface area contributed by atoms with Gasteiger partial charge in [-0.3, -0.25) is 0 Å². The van der Waals surface area contributed by atoms with Crippen LogP contribution < -0.4 is 0 Å². The molecule has 86 valence electrons. The third-order valence-electron chi connectivity index (χ3n) is 3.61. The van der Waals surface area contributed by atoms with Crippen molar-refractivity contribution in [3.8, 4) is 0 Å². The van der Waals surface area contributed by atoms with Crippen molar-refractivity contribution in [1.29, 1.82) is 0 Å². The standard InChI is InChI=1S/C13H11ClN2O/c14-11-7-15-12-6-9(2-3-10(11)12)13(16-8-17)4-1-5-13/h2-3,6-7,15H,1,4-5H2. The van der Waals surface area contributed by atoms with Crippen LogP contribution in [-0.4, -0.2) is 11.1 Å².